The molecule has 1 aromatic carbocycles. The first-order chi connectivity index (χ1) is 9.51. The van der Waals surface area contributed by atoms with Crippen molar-refractivity contribution in [3.63, 3.8) is 0 Å². The molecule has 0 amide bonds. The van der Waals surface area contributed by atoms with Crippen molar-refractivity contribution in [2.45, 2.75) is 39.4 Å². The molecule has 1 aromatic heterocycles. The van der Waals surface area contributed by atoms with Crippen molar-refractivity contribution < 1.29 is 17.9 Å². The maximum absolute atomic E-state index is 12.1. The van der Waals surface area contributed by atoms with E-state index in [0.29, 0.717) is 5.75 Å². The third-order valence-corrected chi connectivity index (χ3v) is 2.67. The minimum absolute atomic E-state index is 0.0122. The second-order valence-electron chi connectivity index (χ2n) is 3.98. The maximum atomic E-state index is 12.1. The highest BCUT2D eigenvalue weighted by Gasteiger charge is 2.26. The van der Waals surface area contributed by atoms with E-state index in [-0.39, 0.29) is 13.0 Å². The fourth-order valence-corrected chi connectivity index (χ4v) is 1.87. The molecule has 3 nitrogen and oxygen atoms in total. The summed E-state index contributed by atoms with van der Waals surface area (Å²) >= 11 is 0. The highest BCUT2D eigenvalue weighted by atomic mass is 19.4. The number of para-hydroxylation sites is 1. The molecule has 0 saturated carbocycles. The van der Waals surface area contributed by atoms with E-state index < -0.39 is 12.6 Å². The van der Waals surface area contributed by atoms with Gasteiger partial charge in [-0.25, -0.2) is 0 Å². The largest absolute Gasteiger partial charge is 0.494 e. The number of methoxy groups -OCH3 is 1. The molecule has 0 aliphatic carbocycles. The summed E-state index contributed by atoms with van der Waals surface area (Å²) in [5.74, 6) is 0.622. The normalized spacial score (nSPS) is 11.1. The molecule has 0 atom stereocenters. The van der Waals surface area contributed by atoms with Crippen LogP contribution in [0.4, 0.5) is 13.2 Å². The summed E-state index contributed by atoms with van der Waals surface area (Å²) < 4.78 is 43.0. The number of benzene rings is 1. The van der Waals surface area contributed by atoms with Gasteiger partial charge in [0.1, 0.15) is 11.3 Å². The van der Waals surface area contributed by atoms with Crippen LogP contribution in [0.25, 0.3) is 10.9 Å². The Balaban J connectivity index is 0.000000956. The van der Waals surface area contributed by atoms with Gasteiger partial charge < -0.3 is 4.74 Å². The zero-order chi connectivity index (χ0) is 15.2. The maximum Gasteiger partial charge on any atom is 0.389 e. The Morgan fingerprint density at radius 3 is 2.55 bits per heavy atom. The standard InChI is InChI=1S/C12H13F3N2O.C2H6/c1-18-10-5-2-4-9-8-16-17(11(9)10)7-3-6-12(13,14)15;1-2/h2,4-5,8H,3,6-7H2,1H3;1-2H3. The number of aryl methyl sites for hydroxylation is 1. The molecule has 2 rings (SSSR count). The van der Waals surface area contributed by atoms with Crippen molar-refractivity contribution in [2.24, 2.45) is 0 Å². The van der Waals surface area contributed by atoms with Gasteiger partial charge in [0.25, 0.3) is 0 Å². The predicted octanol–water partition coefficient (Wildman–Crippen LogP) is 4.41. The van der Waals surface area contributed by atoms with E-state index in [1.165, 1.54) is 7.11 Å². The second kappa shape index (κ2) is 7.17. The lowest BCUT2D eigenvalue weighted by Crippen LogP contribution is -2.10. The van der Waals surface area contributed by atoms with Crippen LogP contribution in [-0.4, -0.2) is 23.1 Å². The van der Waals surface area contributed by atoms with Crippen molar-refractivity contribution >= 4 is 10.9 Å². The Morgan fingerprint density at radius 1 is 1.25 bits per heavy atom. The summed E-state index contributed by atoms with van der Waals surface area (Å²) in [5, 5.41) is 4.96. The van der Waals surface area contributed by atoms with Crippen molar-refractivity contribution in [1.82, 2.24) is 9.78 Å². The van der Waals surface area contributed by atoms with Gasteiger partial charge in [-0.1, -0.05) is 26.0 Å². The van der Waals surface area contributed by atoms with Crippen LogP contribution in [0.1, 0.15) is 26.7 Å². The fourth-order valence-electron chi connectivity index (χ4n) is 1.87. The van der Waals surface area contributed by atoms with Gasteiger partial charge in [0, 0.05) is 18.4 Å². The first-order valence-corrected chi connectivity index (χ1v) is 6.56. The van der Waals surface area contributed by atoms with Gasteiger partial charge in [0.15, 0.2) is 0 Å². The molecule has 0 bridgehead atoms. The number of fused-ring (bicyclic) bond motifs is 1. The molecule has 0 spiro atoms. The molecule has 0 aliphatic heterocycles. The molecule has 6 heteroatoms. The molecule has 0 aliphatic rings. The van der Waals surface area contributed by atoms with Crippen molar-refractivity contribution in [1.29, 1.82) is 0 Å². The van der Waals surface area contributed by atoms with E-state index in [9.17, 15) is 13.2 Å². The Bertz CT molecular complexity index is 535. The summed E-state index contributed by atoms with van der Waals surface area (Å²) in [6, 6.07) is 5.44. The van der Waals surface area contributed by atoms with E-state index in [0.717, 1.165) is 10.9 Å². The monoisotopic (exact) mass is 288 g/mol. The number of alkyl halides is 3. The fraction of sp³-hybridized carbons (Fsp3) is 0.500. The molecule has 2 aromatic rings. The highest BCUT2D eigenvalue weighted by Crippen LogP contribution is 2.26. The molecular weight excluding hydrogens is 269 g/mol. The summed E-state index contributed by atoms with van der Waals surface area (Å²) in [5.41, 5.74) is 0.738. The molecule has 20 heavy (non-hydrogen) atoms. The number of rotatable bonds is 4. The molecular formula is C14H19F3N2O. The Morgan fingerprint density at radius 2 is 1.95 bits per heavy atom. The van der Waals surface area contributed by atoms with Gasteiger partial charge in [0.2, 0.25) is 0 Å². The Kier molecular flexibility index (Phi) is 5.85. The third-order valence-electron chi connectivity index (χ3n) is 2.67. The summed E-state index contributed by atoms with van der Waals surface area (Å²) in [4.78, 5) is 0. The molecule has 0 radical (unpaired) electrons. The molecule has 112 valence electrons. The lowest BCUT2D eigenvalue weighted by atomic mass is 10.2. The van der Waals surface area contributed by atoms with Crippen LogP contribution in [0.15, 0.2) is 24.4 Å². The molecule has 0 saturated heterocycles. The predicted molar refractivity (Wildman–Crippen MR) is 72.9 cm³/mol. The minimum Gasteiger partial charge on any atom is -0.494 e. The van der Waals surface area contributed by atoms with E-state index in [1.54, 1.807) is 16.9 Å². The van der Waals surface area contributed by atoms with E-state index >= 15 is 0 Å². The first kappa shape index (κ1) is 16.3. The number of nitrogens with zero attached hydrogens (tertiary/aromatic N) is 2. The zero-order valence-electron chi connectivity index (χ0n) is 11.9. The van der Waals surface area contributed by atoms with Crippen LogP contribution in [0.5, 0.6) is 5.75 Å². The smallest absolute Gasteiger partial charge is 0.389 e. The highest BCUT2D eigenvalue weighted by molar-refractivity contribution is 5.84. The summed E-state index contributed by atoms with van der Waals surface area (Å²) in [7, 11) is 1.53. The van der Waals surface area contributed by atoms with Crippen LogP contribution in [-0.2, 0) is 6.54 Å². The van der Waals surface area contributed by atoms with Gasteiger partial charge in [-0.15, -0.1) is 0 Å². The second-order valence-corrected chi connectivity index (χ2v) is 3.98. The Hall–Kier alpha value is -1.72. The molecule has 0 fully saturated rings. The van der Waals surface area contributed by atoms with Crippen molar-refractivity contribution in [3.05, 3.63) is 24.4 Å². The van der Waals surface area contributed by atoms with Crippen LogP contribution in [0.3, 0.4) is 0 Å². The number of hydrogen-bond donors (Lipinski definition) is 0. The average molecular weight is 288 g/mol. The van der Waals surface area contributed by atoms with E-state index in [2.05, 4.69) is 5.10 Å². The Labute approximate surface area is 116 Å². The zero-order valence-corrected chi connectivity index (χ0v) is 11.9. The topological polar surface area (TPSA) is 27.1 Å². The summed E-state index contributed by atoms with van der Waals surface area (Å²) in [6.07, 6.45) is -3.28. The lowest BCUT2D eigenvalue weighted by Gasteiger charge is -2.08. The lowest BCUT2D eigenvalue weighted by molar-refractivity contribution is -0.135. The van der Waals surface area contributed by atoms with Crippen LogP contribution < -0.4 is 4.74 Å². The number of aromatic nitrogens is 2. The number of ether oxygens (including phenoxy) is 1. The van der Waals surface area contributed by atoms with Crippen LogP contribution in [0, 0.1) is 0 Å². The van der Waals surface area contributed by atoms with Crippen molar-refractivity contribution in [3.8, 4) is 5.75 Å². The van der Waals surface area contributed by atoms with Gasteiger partial charge in [-0.05, 0) is 12.5 Å². The van der Waals surface area contributed by atoms with Crippen molar-refractivity contribution in [2.75, 3.05) is 7.11 Å². The van der Waals surface area contributed by atoms with Gasteiger partial charge >= 0.3 is 6.18 Å². The third kappa shape index (κ3) is 4.15. The van der Waals surface area contributed by atoms with Crippen LogP contribution >= 0.6 is 0 Å². The number of hydrogen-bond acceptors (Lipinski definition) is 2. The average Bonchev–Trinajstić information content (AvgIpc) is 2.83. The molecule has 0 N–H and O–H groups in total. The number of halogens is 3. The van der Waals surface area contributed by atoms with Gasteiger partial charge in [-0.3, -0.25) is 4.68 Å². The SMILES string of the molecule is CC.COc1cccc2cnn(CCCC(F)(F)F)c12. The van der Waals surface area contributed by atoms with Gasteiger partial charge in [-0.2, -0.15) is 18.3 Å². The first-order valence-electron chi connectivity index (χ1n) is 6.56. The molecule has 0 unspecified atom stereocenters. The van der Waals surface area contributed by atoms with Gasteiger partial charge in [0.05, 0.1) is 13.3 Å². The van der Waals surface area contributed by atoms with Crippen LogP contribution in [0.2, 0.25) is 0 Å². The minimum atomic E-state index is -4.12. The van der Waals surface area contributed by atoms with E-state index in [1.807, 2.05) is 26.0 Å². The summed E-state index contributed by atoms with van der Waals surface area (Å²) in [6.45, 7) is 4.23. The quantitative estimate of drug-likeness (QED) is 0.833. The van der Waals surface area contributed by atoms with E-state index in [4.69, 9.17) is 4.74 Å². The molecule has 1 heterocycles.